The molecule has 114 valence electrons. The van der Waals surface area contributed by atoms with Gasteiger partial charge in [-0.1, -0.05) is 23.9 Å². The molecule has 3 heterocycles. The van der Waals surface area contributed by atoms with Crippen molar-refractivity contribution >= 4 is 28.7 Å². The molecule has 0 radical (unpaired) electrons. The lowest BCUT2D eigenvalue weighted by molar-refractivity contribution is 0.266. The van der Waals surface area contributed by atoms with Crippen molar-refractivity contribution in [3.05, 3.63) is 0 Å². The Bertz CT molecular complexity index is 630. The molecule has 0 aromatic carbocycles. The summed E-state index contributed by atoms with van der Waals surface area (Å²) < 4.78 is 1.68. The minimum Gasteiger partial charge on any atom is -0.394 e. The van der Waals surface area contributed by atoms with E-state index < -0.39 is 0 Å². The lowest BCUT2D eigenvalue weighted by Gasteiger charge is -2.24. The van der Waals surface area contributed by atoms with E-state index in [2.05, 4.69) is 32.1 Å². The number of rotatable bonds is 5. The number of fused-ring (bicyclic) bond motifs is 1. The predicted octanol–water partition coefficient (Wildman–Crippen LogP) is 1.22. The molecule has 2 aromatic rings. The van der Waals surface area contributed by atoms with E-state index in [0.717, 1.165) is 53.7 Å². The van der Waals surface area contributed by atoms with E-state index in [-0.39, 0.29) is 12.6 Å². The Labute approximate surface area is 127 Å². The zero-order valence-electron chi connectivity index (χ0n) is 12.4. The summed E-state index contributed by atoms with van der Waals surface area (Å²) in [5, 5.41) is 18.6. The quantitative estimate of drug-likeness (QED) is 0.657. The van der Waals surface area contributed by atoms with Gasteiger partial charge in [-0.2, -0.15) is 0 Å². The Kier molecular flexibility index (Phi) is 4.25. The molecular weight excluding hydrogens is 288 g/mol. The predicted molar refractivity (Wildman–Crippen MR) is 82.6 cm³/mol. The molecule has 0 aliphatic carbocycles. The first-order chi connectivity index (χ1) is 10.2. The van der Waals surface area contributed by atoms with Crippen molar-refractivity contribution in [2.75, 3.05) is 23.8 Å². The van der Waals surface area contributed by atoms with E-state index in [0.29, 0.717) is 0 Å². The van der Waals surface area contributed by atoms with Crippen molar-refractivity contribution in [1.29, 1.82) is 0 Å². The van der Waals surface area contributed by atoms with Gasteiger partial charge < -0.3 is 10.0 Å². The number of nitrogens with zero attached hydrogens (tertiary/aromatic N) is 6. The Morgan fingerprint density at radius 1 is 1.38 bits per heavy atom. The highest BCUT2D eigenvalue weighted by Gasteiger charge is 2.28. The monoisotopic (exact) mass is 308 g/mol. The number of hydrogen-bond donors (Lipinski definition) is 1. The fourth-order valence-electron chi connectivity index (χ4n) is 2.64. The maximum atomic E-state index is 9.55. The van der Waals surface area contributed by atoms with Gasteiger partial charge in [0, 0.05) is 19.3 Å². The maximum absolute atomic E-state index is 9.55. The van der Waals surface area contributed by atoms with Gasteiger partial charge in [-0.05, 0) is 19.3 Å². The van der Waals surface area contributed by atoms with Crippen LogP contribution in [0, 0.1) is 0 Å². The molecular formula is C13H20N6OS. The molecule has 1 atom stereocenters. The van der Waals surface area contributed by atoms with Crippen molar-refractivity contribution in [3.63, 3.8) is 0 Å². The zero-order valence-corrected chi connectivity index (χ0v) is 13.2. The first-order valence-corrected chi connectivity index (χ1v) is 8.31. The summed E-state index contributed by atoms with van der Waals surface area (Å²) in [6.45, 7) is 3.18. The molecule has 0 saturated carbocycles. The smallest absolute Gasteiger partial charge is 0.191 e. The lowest BCUT2D eigenvalue weighted by Crippen LogP contribution is -2.33. The van der Waals surface area contributed by atoms with Crippen LogP contribution in [0.1, 0.15) is 26.2 Å². The van der Waals surface area contributed by atoms with E-state index in [4.69, 9.17) is 0 Å². The Hall–Kier alpha value is -1.41. The van der Waals surface area contributed by atoms with Gasteiger partial charge in [0.1, 0.15) is 0 Å². The summed E-state index contributed by atoms with van der Waals surface area (Å²) in [4.78, 5) is 11.4. The van der Waals surface area contributed by atoms with Crippen LogP contribution in [0.4, 0.5) is 5.82 Å². The van der Waals surface area contributed by atoms with E-state index in [1.807, 2.05) is 7.05 Å². The molecule has 0 bridgehead atoms. The van der Waals surface area contributed by atoms with Crippen LogP contribution in [0.2, 0.25) is 0 Å². The average Bonchev–Trinajstić information content (AvgIpc) is 3.11. The second-order valence-corrected chi connectivity index (χ2v) is 6.30. The molecule has 2 aromatic heterocycles. The molecule has 3 rings (SSSR count). The molecule has 1 N–H and O–H groups in total. The number of aromatic nitrogens is 5. The van der Waals surface area contributed by atoms with E-state index in [9.17, 15) is 5.11 Å². The highest BCUT2D eigenvalue weighted by atomic mass is 32.2. The van der Waals surface area contributed by atoms with Crippen molar-refractivity contribution in [1.82, 2.24) is 25.0 Å². The van der Waals surface area contributed by atoms with Crippen LogP contribution in [-0.2, 0) is 7.05 Å². The molecule has 7 nitrogen and oxygen atoms in total. The van der Waals surface area contributed by atoms with Crippen LogP contribution in [0.3, 0.4) is 0 Å². The van der Waals surface area contributed by atoms with Gasteiger partial charge >= 0.3 is 0 Å². The first kappa shape index (κ1) is 14.5. The summed E-state index contributed by atoms with van der Waals surface area (Å²) in [5.74, 6) is 1.79. The molecule has 0 amide bonds. The number of hydrogen-bond acceptors (Lipinski definition) is 7. The number of anilines is 1. The van der Waals surface area contributed by atoms with Gasteiger partial charge in [0.15, 0.2) is 22.1 Å². The second kappa shape index (κ2) is 6.15. The average molecular weight is 308 g/mol. The minimum atomic E-state index is 0.120. The van der Waals surface area contributed by atoms with Gasteiger partial charge in [-0.15, -0.1) is 5.10 Å². The molecule has 8 heteroatoms. The fourth-order valence-corrected chi connectivity index (χ4v) is 3.33. The van der Waals surface area contributed by atoms with Gasteiger partial charge in [-0.3, -0.25) is 0 Å². The van der Waals surface area contributed by atoms with Crippen LogP contribution in [-0.4, -0.2) is 55.0 Å². The molecule has 1 aliphatic heterocycles. The van der Waals surface area contributed by atoms with Gasteiger partial charge in [0.2, 0.25) is 0 Å². The van der Waals surface area contributed by atoms with Gasteiger partial charge in [-0.25, -0.2) is 14.6 Å². The Morgan fingerprint density at radius 3 is 3.00 bits per heavy atom. The number of aliphatic hydroxyl groups is 1. The molecule has 1 aliphatic rings. The third-order valence-corrected chi connectivity index (χ3v) is 4.76. The van der Waals surface area contributed by atoms with Crippen LogP contribution in [0.15, 0.2) is 5.16 Å². The number of thioether (sulfide) groups is 1. The van der Waals surface area contributed by atoms with Crippen LogP contribution < -0.4 is 4.90 Å². The lowest BCUT2D eigenvalue weighted by atomic mass is 10.2. The van der Waals surface area contributed by atoms with Crippen LogP contribution in [0.5, 0.6) is 0 Å². The SMILES string of the molecule is CCCSc1nc(N2CCC[C@H]2CO)c2nnn(C)c2n1. The minimum absolute atomic E-state index is 0.120. The molecule has 1 saturated heterocycles. The maximum Gasteiger partial charge on any atom is 0.191 e. The van der Waals surface area contributed by atoms with Crippen LogP contribution in [0.25, 0.3) is 11.2 Å². The van der Waals surface area contributed by atoms with Crippen molar-refractivity contribution in [2.45, 2.75) is 37.4 Å². The largest absolute Gasteiger partial charge is 0.394 e. The zero-order chi connectivity index (χ0) is 14.8. The third kappa shape index (κ3) is 2.69. The third-order valence-electron chi connectivity index (χ3n) is 3.71. The summed E-state index contributed by atoms with van der Waals surface area (Å²) >= 11 is 1.65. The van der Waals surface area contributed by atoms with Crippen molar-refractivity contribution in [3.8, 4) is 0 Å². The van der Waals surface area contributed by atoms with Crippen molar-refractivity contribution < 1.29 is 5.11 Å². The molecule has 21 heavy (non-hydrogen) atoms. The standard InChI is InChI=1S/C13H20N6OS/c1-3-7-21-13-14-11-10(16-17-18(11)2)12(15-13)19-6-4-5-9(19)8-20/h9,20H,3-8H2,1-2H3/t9-/m0/s1. The molecule has 1 fully saturated rings. The summed E-state index contributed by atoms with van der Waals surface area (Å²) in [7, 11) is 1.84. The number of aryl methyl sites for hydroxylation is 1. The van der Waals surface area contributed by atoms with Crippen LogP contribution >= 0.6 is 11.8 Å². The summed E-state index contributed by atoms with van der Waals surface area (Å²) in [5.41, 5.74) is 1.47. The van der Waals surface area contributed by atoms with Crippen molar-refractivity contribution in [2.24, 2.45) is 7.05 Å². The fraction of sp³-hybridized carbons (Fsp3) is 0.692. The van der Waals surface area contributed by atoms with E-state index in [1.165, 1.54) is 0 Å². The molecule has 0 unspecified atom stereocenters. The second-order valence-electron chi connectivity index (χ2n) is 5.24. The highest BCUT2D eigenvalue weighted by Crippen LogP contribution is 2.30. The van der Waals surface area contributed by atoms with E-state index >= 15 is 0 Å². The summed E-state index contributed by atoms with van der Waals surface area (Å²) in [6.07, 6.45) is 3.13. The highest BCUT2D eigenvalue weighted by molar-refractivity contribution is 7.99. The number of aliphatic hydroxyl groups excluding tert-OH is 1. The Balaban J connectivity index is 2.06. The van der Waals surface area contributed by atoms with Gasteiger partial charge in [0.05, 0.1) is 12.6 Å². The van der Waals surface area contributed by atoms with E-state index in [1.54, 1.807) is 16.4 Å². The normalized spacial score (nSPS) is 18.8. The first-order valence-electron chi connectivity index (χ1n) is 7.32. The Morgan fingerprint density at radius 2 is 2.24 bits per heavy atom. The topological polar surface area (TPSA) is 80.0 Å². The van der Waals surface area contributed by atoms with Gasteiger partial charge in [0.25, 0.3) is 0 Å². The molecule has 0 spiro atoms. The summed E-state index contributed by atoms with van der Waals surface area (Å²) in [6, 6.07) is 0.120.